The first-order chi connectivity index (χ1) is 12.0. The molecule has 3 rings (SSSR count). The number of ether oxygens (including phenoxy) is 4. The summed E-state index contributed by atoms with van der Waals surface area (Å²) in [7, 11) is 0. The van der Waals surface area contributed by atoms with Crippen molar-refractivity contribution in [2.24, 2.45) is 5.41 Å². The van der Waals surface area contributed by atoms with Gasteiger partial charge in [-0.2, -0.15) is 0 Å². The molecule has 1 aromatic rings. The summed E-state index contributed by atoms with van der Waals surface area (Å²) in [5.41, 5.74) is -1.43. The van der Waals surface area contributed by atoms with Crippen LogP contribution in [0, 0.1) is 15.5 Å². The van der Waals surface area contributed by atoms with E-state index in [1.54, 1.807) is 20.8 Å². The molecule has 2 aliphatic rings. The van der Waals surface area contributed by atoms with Gasteiger partial charge in [0, 0.05) is 12.3 Å². The first-order valence-electron chi connectivity index (χ1n) is 7.78. The van der Waals surface area contributed by atoms with E-state index in [-0.39, 0.29) is 29.5 Å². The van der Waals surface area contributed by atoms with Crippen molar-refractivity contribution in [3.63, 3.8) is 0 Å². The molecule has 2 heterocycles. The fourth-order valence-corrected chi connectivity index (χ4v) is 2.37. The van der Waals surface area contributed by atoms with E-state index in [0.717, 1.165) is 6.08 Å². The summed E-state index contributed by atoms with van der Waals surface area (Å²) in [6, 6.07) is 2.50. The van der Waals surface area contributed by atoms with Crippen LogP contribution in [0.4, 0.5) is 5.69 Å². The van der Waals surface area contributed by atoms with E-state index in [9.17, 15) is 19.7 Å². The summed E-state index contributed by atoms with van der Waals surface area (Å²) in [6.07, 6.45) is 1.06. The molecular formula is C17H17NO8. The number of nitro benzene ring substituents is 1. The topological polar surface area (TPSA) is 114 Å². The second-order valence-electron chi connectivity index (χ2n) is 7.05. The van der Waals surface area contributed by atoms with Gasteiger partial charge in [0.1, 0.15) is 5.57 Å². The Hall–Kier alpha value is -3.10. The van der Waals surface area contributed by atoms with Gasteiger partial charge < -0.3 is 18.9 Å². The predicted octanol–water partition coefficient (Wildman–Crippen LogP) is 2.57. The lowest BCUT2D eigenvalue weighted by Crippen LogP contribution is -2.52. The van der Waals surface area contributed by atoms with Gasteiger partial charge in [-0.05, 0) is 12.1 Å². The Balaban J connectivity index is 2.03. The van der Waals surface area contributed by atoms with Crippen LogP contribution in [-0.2, 0) is 19.1 Å². The van der Waals surface area contributed by atoms with Gasteiger partial charge in [-0.15, -0.1) is 0 Å². The van der Waals surface area contributed by atoms with Gasteiger partial charge in [0.2, 0.25) is 6.79 Å². The Morgan fingerprint density at radius 3 is 2.15 bits per heavy atom. The fourth-order valence-electron chi connectivity index (χ4n) is 2.37. The van der Waals surface area contributed by atoms with Crippen LogP contribution in [0.15, 0.2) is 17.7 Å². The monoisotopic (exact) mass is 363 g/mol. The van der Waals surface area contributed by atoms with E-state index in [4.69, 9.17) is 18.9 Å². The lowest BCUT2D eigenvalue weighted by Gasteiger charge is -2.42. The number of nitrogens with zero attached hydrogens (tertiary/aromatic N) is 1. The van der Waals surface area contributed by atoms with Crippen LogP contribution in [0.25, 0.3) is 6.08 Å². The van der Waals surface area contributed by atoms with Crippen molar-refractivity contribution in [1.82, 2.24) is 0 Å². The quantitative estimate of drug-likeness (QED) is 0.259. The highest BCUT2D eigenvalue weighted by atomic mass is 16.7. The summed E-state index contributed by atoms with van der Waals surface area (Å²) in [5, 5.41) is 11.3. The zero-order chi connectivity index (χ0) is 19.3. The van der Waals surface area contributed by atoms with Crippen LogP contribution in [0.5, 0.6) is 11.5 Å². The molecule has 0 radical (unpaired) electrons. The SMILES string of the molecule is CC(C)(C)C1(C)OC(=O)C(=Cc2cc3c(cc2[N+](=O)[O-])OCO3)C(=O)O1. The third-order valence-corrected chi connectivity index (χ3v) is 4.40. The maximum Gasteiger partial charge on any atom is 0.348 e. The first kappa shape index (κ1) is 17.7. The van der Waals surface area contributed by atoms with Crippen molar-refractivity contribution in [3.05, 3.63) is 33.4 Å². The van der Waals surface area contributed by atoms with Gasteiger partial charge in [0.15, 0.2) is 11.5 Å². The number of carbonyl (C=O) groups is 2. The van der Waals surface area contributed by atoms with E-state index in [1.807, 2.05) is 0 Å². The van der Waals surface area contributed by atoms with E-state index >= 15 is 0 Å². The molecule has 0 atom stereocenters. The Morgan fingerprint density at radius 1 is 1.12 bits per heavy atom. The molecule has 0 amide bonds. The number of carbonyl (C=O) groups excluding carboxylic acids is 2. The molecule has 1 saturated heterocycles. The van der Waals surface area contributed by atoms with Crippen LogP contribution >= 0.6 is 0 Å². The molecule has 0 saturated carbocycles. The maximum atomic E-state index is 12.4. The summed E-state index contributed by atoms with van der Waals surface area (Å²) in [5.74, 6) is -2.77. The minimum absolute atomic E-state index is 0.00233. The minimum Gasteiger partial charge on any atom is -0.454 e. The molecular weight excluding hydrogens is 346 g/mol. The first-order valence-corrected chi connectivity index (χ1v) is 7.78. The molecule has 1 fully saturated rings. The average Bonchev–Trinajstić information content (AvgIpc) is 2.96. The van der Waals surface area contributed by atoms with Crippen molar-refractivity contribution in [2.75, 3.05) is 6.79 Å². The molecule has 9 nitrogen and oxygen atoms in total. The number of nitro groups is 1. The van der Waals surface area contributed by atoms with E-state index in [1.165, 1.54) is 19.1 Å². The smallest absolute Gasteiger partial charge is 0.348 e. The molecule has 0 N–H and O–H groups in total. The molecule has 0 unspecified atom stereocenters. The maximum absolute atomic E-state index is 12.4. The Kier molecular flexibility index (Phi) is 3.90. The van der Waals surface area contributed by atoms with Crippen LogP contribution in [0.2, 0.25) is 0 Å². The van der Waals surface area contributed by atoms with Gasteiger partial charge in [-0.3, -0.25) is 10.1 Å². The molecule has 26 heavy (non-hydrogen) atoms. The summed E-state index contributed by atoms with van der Waals surface area (Å²) in [4.78, 5) is 35.4. The van der Waals surface area contributed by atoms with Crippen LogP contribution in [-0.4, -0.2) is 29.4 Å². The largest absolute Gasteiger partial charge is 0.454 e. The third kappa shape index (κ3) is 2.85. The second-order valence-corrected chi connectivity index (χ2v) is 7.05. The molecule has 138 valence electrons. The number of fused-ring (bicyclic) bond motifs is 1. The van der Waals surface area contributed by atoms with Crippen molar-refractivity contribution >= 4 is 23.7 Å². The number of cyclic esters (lactones) is 2. The molecule has 0 aromatic heterocycles. The molecule has 0 aliphatic carbocycles. The van der Waals surface area contributed by atoms with Gasteiger partial charge in [-0.25, -0.2) is 9.59 Å². The zero-order valence-electron chi connectivity index (χ0n) is 14.7. The summed E-state index contributed by atoms with van der Waals surface area (Å²) < 4.78 is 20.9. The third-order valence-electron chi connectivity index (χ3n) is 4.40. The standard InChI is InChI=1S/C17H17NO8/c1-16(2,3)17(4)25-14(19)10(15(20)26-17)5-9-6-12-13(24-8-23-12)7-11(9)18(21)22/h5-7H,8H2,1-4H3. The highest BCUT2D eigenvalue weighted by molar-refractivity contribution is 6.19. The number of hydrogen-bond donors (Lipinski definition) is 0. The van der Waals surface area contributed by atoms with E-state index in [0.29, 0.717) is 0 Å². The van der Waals surface area contributed by atoms with Crippen molar-refractivity contribution in [2.45, 2.75) is 33.5 Å². The Bertz CT molecular complexity index is 829. The Labute approximate surface area is 148 Å². The van der Waals surface area contributed by atoms with Crippen LogP contribution < -0.4 is 9.47 Å². The lowest BCUT2D eigenvalue weighted by molar-refractivity contribution is -0.385. The number of rotatable bonds is 2. The summed E-state index contributed by atoms with van der Waals surface area (Å²) >= 11 is 0. The average molecular weight is 363 g/mol. The van der Waals surface area contributed by atoms with Crippen molar-refractivity contribution in [3.8, 4) is 11.5 Å². The van der Waals surface area contributed by atoms with Crippen molar-refractivity contribution in [1.29, 1.82) is 0 Å². The number of hydrogen-bond acceptors (Lipinski definition) is 8. The molecule has 0 spiro atoms. The summed E-state index contributed by atoms with van der Waals surface area (Å²) in [6.45, 7) is 6.68. The van der Waals surface area contributed by atoms with E-state index in [2.05, 4.69) is 0 Å². The predicted molar refractivity (Wildman–Crippen MR) is 87.2 cm³/mol. The molecule has 0 bridgehead atoms. The highest BCUT2D eigenvalue weighted by Crippen LogP contribution is 2.41. The zero-order valence-corrected chi connectivity index (χ0v) is 14.7. The highest BCUT2D eigenvalue weighted by Gasteiger charge is 2.50. The normalized spacial score (nSPS) is 21.9. The van der Waals surface area contributed by atoms with Crippen LogP contribution in [0.1, 0.15) is 33.3 Å². The van der Waals surface area contributed by atoms with Crippen LogP contribution in [0.3, 0.4) is 0 Å². The second kappa shape index (κ2) is 5.72. The van der Waals surface area contributed by atoms with Gasteiger partial charge in [0.25, 0.3) is 11.5 Å². The molecule has 9 heteroatoms. The number of esters is 2. The van der Waals surface area contributed by atoms with Crippen molar-refractivity contribution < 1.29 is 33.5 Å². The van der Waals surface area contributed by atoms with Gasteiger partial charge in [0.05, 0.1) is 16.6 Å². The molecule has 2 aliphatic heterocycles. The fraction of sp³-hybridized carbons (Fsp3) is 0.412. The van der Waals surface area contributed by atoms with E-state index < -0.39 is 33.6 Å². The number of benzene rings is 1. The molecule has 1 aromatic carbocycles. The van der Waals surface area contributed by atoms with Gasteiger partial charge in [-0.1, -0.05) is 20.8 Å². The van der Waals surface area contributed by atoms with Gasteiger partial charge >= 0.3 is 11.9 Å². The lowest BCUT2D eigenvalue weighted by atomic mass is 9.85. The minimum atomic E-state index is -1.45. The Morgan fingerprint density at radius 2 is 1.65 bits per heavy atom.